The summed E-state index contributed by atoms with van der Waals surface area (Å²) in [6.07, 6.45) is 1.09. The van der Waals surface area contributed by atoms with Crippen molar-refractivity contribution < 1.29 is 13.6 Å². The van der Waals surface area contributed by atoms with Gasteiger partial charge in [0.25, 0.3) is 0 Å². The summed E-state index contributed by atoms with van der Waals surface area (Å²) in [7, 11) is 3.57. The summed E-state index contributed by atoms with van der Waals surface area (Å²) in [6.45, 7) is 5.24. The van der Waals surface area contributed by atoms with Gasteiger partial charge in [0.2, 0.25) is 0 Å². The first kappa shape index (κ1) is 15.8. The van der Waals surface area contributed by atoms with Crippen LogP contribution in [0.15, 0.2) is 12.1 Å². The van der Waals surface area contributed by atoms with Crippen LogP contribution in [0.3, 0.4) is 0 Å². The first-order valence-corrected chi connectivity index (χ1v) is 6.48. The van der Waals surface area contributed by atoms with Crippen LogP contribution in [0.1, 0.15) is 42.6 Å². The molecule has 2 nitrogen and oxygen atoms in total. The molecule has 0 aromatic heterocycles. The highest BCUT2D eigenvalue weighted by atomic mass is 19.2. The zero-order chi connectivity index (χ0) is 14.8. The number of rotatable bonds is 5. The summed E-state index contributed by atoms with van der Waals surface area (Å²) in [6, 6.07) is 2.82. The highest BCUT2D eigenvalue weighted by Gasteiger charge is 2.39. The molecule has 0 aliphatic carbocycles. The van der Waals surface area contributed by atoms with E-state index in [9.17, 15) is 13.6 Å². The Bertz CT molecular complexity index is 479. The summed E-state index contributed by atoms with van der Waals surface area (Å²) in [5.41, 5.74) is -0.749. The number of ketones is 1. The number of Topliss-reactive ketones (excluding diaryl/α,β-unsaturated/α-hetero) is 1. The van der Waals surface area contributed by atoms with Gasteiger partial charge in [-0.25, -0.2) is 8.78 Å². The van der Waals surface area contributed by atoms with Gasteiger partial charge in [-0.3, -0.25) is 9.69 Å². The molecule has 0 unspecified atom stereocenters. The van der Waals surface area contributed by atoms with E-state index < -0.39 is 17.2 Å². The minimum absolute atomic E-state index is 0.166. The number of hydrogen-bond donors (Lipinski definition) is 0. The van der Waals surface area contributed by atoms with Crippen molar-refractivity contribution in [3.8, 4) is 0 Å². The average Bonchev–Trinajstić information content (AvgIpc) is 2.37. The standard InChI is InChI=1S/C15H21F2NO/c1-6-15(7-2,18(4)5)14(19)11-9-8-10(3)12(16)13(11)17/h8-9H,6-7H2,1-5H3. The Labute approximate surface area is 113 Å². The number of benzene rings is 1. The third kappa shape index (κ3) is 2.54. The molecule has 0 aliphatic heterocycles. The first-order chi connectivity index (χ1) is 8.81. The molecule has 106 valence electrons. The van der Waals surface area contributed by atoms with Crippen LogP contribution in [0, 0.1) is 18.6 Å². The number of aryl methyl sites for hydroxylation is 1. The van der Waals surface area contributed by atoms with Crippen LogP contribution in [-0.2, 0) is 0 Å². The fourth-order valence-electron chi connectivity index (χ4n) is 2.48. The number of halogens is 2. The highest BCUT2D eigenvalue weighted by molar-refractivity contribution is 6.03. The fourth-order valence-corrected chi connectivity index (χ4v) is 2.48. The zero-order valence-electron chi connectivity index (χ0n) is 12.2. The summed E-state index contributed by atoms with van der Waals surface area (Å²) in [4.78, 5) is 14.4. The zero-order valence-corrected chi connectivity index (χ0v) is 12.2. The molecular formula is C15H21F2NO. The van der Waals surface area contributed by atoms with Gasteiger partial charge in [-0.15, -0.1) is 0 Å². The quantitative estimate of drug-likeness (QED) is 0.762. The van der Waals surface area contributed by atoms with E-state index in [1.807, 2.05) is 13.8 Å². The summed E-state index contributed by atoms with van der Waals surface area (Å²) in [5.74, 6) is -2.34. The van der Waals surface area contributed by atoms with Crippen LogP contribution in [0.4, 0.5) is 8.78 Å². The van der Waals surface area contributed by atoms with Gasteiger partial charge in [-0.05, 0) is 45.5 Å². The van der Waals surface area contributed by atoms with Gasteiger partial charge in [0.05, 0.1) is 11.1 Å². The molecule has 0 atom stereocenters. The predicted molar refractivity (Wildman–Crippen MR) is 72.4 cm³/mol. The Morgan fingerprint density at radius 1 is 1.16 bits per heavy atom. The van der Waals surface area contributed by atoms with Gasteiger partial charge in [0.15, 0.2) is 17.4 Å². The lowest BCUT2D eigenvalue weighted by atomic mass is 9.83. The molecule has 0 amide bonds. The van der Waals surface area contributed by atoms with E-state index in [2.05, 4.69) is 0 Å². The van der Waals surface area contributed by atoms with E-state index in [1.54, 1.807) is 19.0 Å². The largest absolute Gasteiger partial charge is 0.297 e. The second kappa shape index (κ2) is 5.78. The molecule has 4 heteroatoms. The normalized spacial score (nSPS) is 12.0. The second-order valence-electron chi connectivity index (χ2n) is 5.02. The summed E-state index contributed by atoms with van der Waals surface area (Å²) in [5, 5.41) is 0. The van der Waals surface area contributed by atoms with E-state index in [0.29, 0.717) is 12.8 Å². The molecule has 19 heavy (non-hydrogen) atoms. The van der Waals surface area contributed by atoms with Crippen LogP contribution < -0.4 is 0 Å². The summed E-state index contributed by atoms with van der Waals surface area (Å²) >= 11 is 0. The number of nitrogens with zero attached hydrogens (tertiary/aromatic N) is 1. The molecule has 0 bridgehead atoms. The maximum Gasteiger partial charge on any atom is 0.186 e. The Kier molecular flexibility index (Phi) is 4.80. The molecule has 0 saturated heterocycles. The van der Waals surface area contributed by atoms with Crippen LogP contribution >= 0.6 is 0 Å². The van der Waals surface area contributed by atoms with E-state index in [-0.39, 0.29) is 16.9 Å². The average molecular weight is 269 g/mol. The van der Waals surface area contributed by atoms with Crippen molar-refractivity contribution in [2.45, 2.75) is 39.2 Å². The molecule has 0 spiro atoms. The van der Waals surface area contributed by atoms with Crippen LogP contribution in [0.2, 0.25) is 0 Å². The van der Waals surface area contributed by atoms with Gasteiger partial charge in [-0.2, -0.15) is 0 Å². The van der Waals surface area contributed by atoms with Crippen molar-refractivity contribution >= 4 is 5.78 Å². The van der Waals surface area contributed by atoms with Crippen LogP contribution in [0.5, 0.6) is 0 Å². The molecule has 0 saturated carbocycles. The maximum atomic E-state index is 14.0. The van der Waals surface area contributed by atoms with E-state index in [0.717, 1.165) is 0 Å². The van der Waals surface area contributed by atoms with Crippen molar-refractivity contribution in [3.63, 3.8) is 0 Å². The number of likely N-dealkylation sites (N-methyl/N-ethyl adjacent to an activating group) is 1. The molecule has 1 rings (SSSR count). The summed E-state index contributed by atoms with van der Waals surface area (Å²) < 4.78 is 27.6. The predicted octanol–water partition coefficient (Wildman–Crippen LogP) is 3.58. The van der Waals surface area contributed by atoms with E-state index >= 15 is 0 Å². The number of carbonyl (C=O) groups is 1. The number of carbonyl (C=O) groups excluding carboxylic acids is 1. The molecule has 0 heterocycles. The Hall–Kier alpha value is -1.29. The SMILES string of the molecule is CCC(CC)(C(=O)c1ccc(C)c(F)c1F)N(C)C. The van der Waals surface area contributed by atoms with Gasteiger partial charge in [0, 0.05) is 0 Å². The molecule has 0 fully saturated rings. The molecule has 0 aliphatic rings. The highest BCUT2D eigenvalue weighted by Crippen LogP contribution is 2.28. The van der Waals surface area contributed by atoms with Gasteiger partial charge >= 0.3 is 0 Å². The smallest absolute Gasteiger partial charge is 0.186 e. The Morgan fingerprint density at radius 2 is 1.68 bits per heavy atom. The maximum absolute atomic E-state index is 14.0. The molecular weight excluding hydrogens is 248 g/mol. The lowest BCUT2D eigenvalue weighted by molar-refractivity contribution is 0.0650. The van der Waals surface area contributed by atoms with Crippen molar-refractivity contribution in [2.75, 3.05) is 14.1 Å². The minimum Gasteiger partial charge on any atom is -0.297 e. The lowest BCUT2D eigenvalue weighted by Gasteiger charge is -2.37. The number of hydrogen-bond acceptors (Lipinski definition) is 2. The van der Waals surface area contributed by atoms with Gasteiger partial charge < -0.3 is 0 Å². The molecule has 1 aromatic carbocycles. The van der Waals surface area contributed by atoms with Gasteiger partial charge in [-0.1, -0.05) is 19.9 Å². The van der Waals surface area contributed by atoms with Crippen LogP contribution in [-0.4, -0.2) is 30.3 Å². The minimum atomic E-state index is -1.04. The molecule has 1 aromatic rings. The molecule has 0 radical (unpaired) electrons. The monoisotopic (exact) mass is 269 g/mol. The van der Waals surface area contributed by atoms with Crippen molar-refractivity contribution in [1.82, 2.24) is 4.90 Å². The van der Waals surface area contributed by atoms with E-state index in [1.165, 1.54) is 19.1 Å². The third-order valence-electron chi connectivity index (χ3n) is 3.97. The first-order valence-electron chi connectivity index (χ1n) is 6.48. The van der Waals surface area contributed by atoms with Gasteiger partial charge in [0.1, 0.15) is 0 Å². The Morgan fingerprint density at radius 3 is 2.11 bits per heavy atom. The van der Waals surface area contributed by atoms with Crippen molar-refractivity contribution in [2.24, 2.45) is 0 Å². The topological polar surface area (TPSA) is 20.3 Å². The molecule has 0 N–H and O–H groups in total. The fraction of sp³-hybridized carbons (Fsp3) is 0.533. The van der Waals surface area contributed by atoms with Crippen molar-refractivity contribution in [1.29, 1.82) is 0 Å². The lowest BCUT2D eigenvalue weighted by Crippen LogP contribution is -2.50. The Balaban J connectivity index is 3.37. The van der Waals surface area contributed by atoms with Crippen molar-refractivity contribution in [3.05, 3.63) is 34.9 Å². The van der Waals surface area contributed by atoms with Crippen LogP contribution in [0.25, 0.3) is 0 Å². The van der Waals surface area contributed by atoms with E-state index in [4.69, 9.17) is 0 Å². The second-order valence-corrected chi connectivity index (χ2v) is 5.02. The third-order valence-corrected chi connectivity index (χ3v) is 3.97.